The van der Waals surface area contributed by atoms with Crippen LogP contribution in [-0.4, -0.2) is 59.1 Å². The Labute approximate surface area is 181 Å². The summed E-state index contributed by atoms with van der Waals surface area (Å²) in [7, 11) is 1.69. The maximum Gasteiger partial charge on any atom is 0.410 e. The quantitative estimate of drug-likeness (QED) is 0.746. The van der Waals surface area contributed by atoms with Crippen molar-refractivity contribution in [3.05, 3.63) is 11.8 Å². The third kappa shape index (κ3) is 4.71. The molecule has 3 heterocycles. The maximum absolute atomic E-state index is 13.7. The number of alkyl halides is 3. The van der Waals surface area contributed by atoms with Crippen LogP contribution in [0.5, 0.6) is 0 Å². The Morgan fingerprint density at radius 1 is 1.26 bits per heavy atom. The van der Waals surface area contributed by atoms with Crippen molar-refractivity contribution in [2.75, 3.05) is 25.5 Å². The van der Waals surface area contributed by atoms with E-state index in [4.69, 9.17) is 4.74 Å². The second-order valence-corrected chi connectivity index (χ2v) is 9.29. The molecule has 1 aliphatic carbocycles. The number of nitrogens with one attached hydrogen (secondary N) is 1. The third-order valence-corrected chi connectivity index (χ3v) is 7.24. The summed E-state index contributed by atoms with van der Waals surface area (Å²) in [5, 5.41) is 7.61. The van der Waals surface area contributed by atoms with E-state index in [0.717, 1.165) is 43.2 Å². The largest absolute Gasteiger partial charge is 0.410 e. The lowest BCUT2D eigenvalue weighted by Crippen LogP contribution is -2.44. The molecule has 1 aromatic rings. The lowest BCUT2D eigenvalue weighted by Gasteiger charge is -2.36. The molecule has 174 valence electrons. The molecule has 4 rings (SSSR count). The normalized spacial score (nSPS) is 31.8. The van der Waals surface area contributed by atoms with Crippen molar-refractivity contribution >= 4 is 11.7 Å². The van der Waals surface area contributed by atoms with Gasteiger partial charge in [0.25, 0.3) is 0 Å². The van der Waals surface area contributed by atoms with Gasteiger partial charge in [-0.2, -0.15) is 18.3 Å². The molecular weight excluding hydrogens is 409 g/mol. The molecule has 3 unspecified atom stereocenters. The average molecular weight is 443 g/mol. The summed E-state index contributed by atoms with van der Waals surface area (Å²) in [6.07, 6.45) is 1.72. The first-order valence-electron chi connectivity index (χ1n) is 11.5. The molecule has 1 N–H and O–H groups in total. The Morgan fingerprint density at radius 2 is 2.06 bits per heavy atom. The standard InChI is InChI=1S/C22H33F3N4O2/c1-3-16-11-19(22(23,24)25)29-20(26-16)12-18(27-29)15-7-5-9-28(13-15)21(30)14-6-4-8-17(10-14)31-2/h12,14-17,19,26H,3-11,13H2,1-2H3/t14?,15?,16-,17?,19-/m1/s1. The van der Waals surface area contributed by atoms with Gasteiger partial charge in [-0.3, -0.25) is 4.79 Å². The molecule has 9 heteroatoms. The van der Waals surface area contributed by atoms with E-state index in [0.29, 0.717) is 31.0 Å². The number of piperidine rings is 1. The van der Waals surface area contributed by atoms with Gasteiger partial charge in [-0.1, -0.05) is 13.3 Å². The number of likely N-dealkylation sites (tertiary alicyclic amines) is 1. The summed E-state index contributed by atoms with van der Waals surface area (Å²) in [6.45, 7) is 3.12. The van der Waals surface area contributed by atoms with Crippen LogP contribution in [0, 0.1) is 5.92 Å². The van der Waals surface area contributed by atoms with Crippen molar-refractivity contribution < 1.29 is 22.7 Å². The van der Waals surface area contributed by atoms with Crippen molar-refractivity contribution in [1.82, 2.24) is 14.7 Å². The molecule has 0 aromatic carbocycles. The van der Waals surface area contributed by atoms with Gasteiger partial charge in [0, 0.05) is 44.1 Å². The molecule has 31 heavy (non-hydrogen) atoms. The van der Waals surface area contributed by atoms with E-state index >= 15 is 0 Å². The van der Waals surface area contributed by atoms with Gasteiger partial charge in [-0.05, 0) is 44.9 Å². The van der Waals surface area contributed by atoms with Crippen LogP contribution in [0.25, 0.3) is 0 Å². The number of carbonyl (C=O) groups excluding carboxylic acids is 1. The topological polar surface area (TPSA) is 59.4 Å². The van der Waals surface area contributed by atoms with Gasteiger partial charge < -0.3 is 15.0 Å². The minimum absolute atomic E-state index is 0.00819. The molecule has 1 amide bonds. The van der Waals surface area contributed by atoms with E-state index in [-0.39, 0.29) is 36.3 Å². The lowest BCUT2D eigenvalue weighted by atomic mass is 9.85. The molecule has 0 radical (unpaired) electrons. The van der Waals surface area contributed by atoms with Crippen LogP contribution >= 0.6 is 0 Å². The average Bonchev–Trinajstić information content (AvgIpc) is 3.21. The number of anilines is 1. The third-order valence-electron chi connectivity index (χ3n) is 7.24. The number of halogens is 3. The van der Waals surface area contributed by atoms with E-state index in [1.807, 2.05) is 11.8 Å². The van der Waals surface area contributed by atoms with Gasteiger partial charge in [-0.15, -0.1) is 0 Å². The molecule has 1 saturated heterocycles. The van der Waals surface area contributed by atoms with Crippen LogP contribution in [0.3, 0.4) is 0 Å². The summed E-state index contributed by atoms with van der Waals surface area (Å²) in [4.78, 5) is 15.0. The first kappa shape index (κ1) is 22.4. The zero-order valence-electron chi connectivity index (χ0n) is 18.3. The fourth-order valence-corrected chi connectivity index (χ4v) is 5.40. The number of ether oxygens (including phenoxy) is 1. The first-order chi connectivity index (χ1) is 14.8. The summed E-state index contributed by atoms with van der Waals surface area (Å²) in [5.41, 5.74) is 0.657. The highest BCUT2D eigenvalue weighted by Crippen LogP contribution is 2.41. The van der Waals surface area contributed by atoms with Gasteiger partial charge in [0.05, 0.1) is 11.8 Å². The Morgan fingerprint density at radius 3 is 2.77 bits per heavy atom. The number of amides is 1. The number of nitrogens with zero attached hydrogens (tertiary/aromatic N) is 3. The van der Waals surface area contributed by atoms with Crippen molar-refractivity contribution in [3.8, 4) is 0 Å². The van der Waals surface area contributed by atoms with Gasteiger partial charge in [0.2, 0.25) is 5.91 Å². The van der Waals surface area contributed by atoms with Crippen LogP contribution in [0.1, 0.15) is 75.9 Å². The fraction of sp³-hybridized carbons (Fsp3) is 0.818. The molecule has 2 aliphatic heterocycles. The maximum atomic E-state index is 13.7. The molecular formula is C22H33F3N4O2. The predicted octanol–water partition coefficient (Wildman–Crippen LogP) is 4.49. The smallest absolute Gasteiger partial charge is 0.381 e. The molecule has 6 nitrogen and oxygen atoms in total. The number of fused-ring (bicyclic) bond motifs is 1. The summed E-state index contributed by atoms with van der Waals surface area (Å²) >= 11 is 0. The minimum Gasteiger partial charge on any atom is -0.381 e. The van der Waals surface area contributed by atoms with Gasteiger partial charge >= 0.3 is 6.18 Å². The highest BCUT2D eigenvalue weighted by molar-refractivity contribution is 5.79. The van der Waals surface area contributed by atoms with Crippen LogP contribution in [0.15, 0.2) is 6.07 Å². The number of hydrogen-bond acceptors (Lipinski definition) is 4. The number of carbonyl (C=O) groups is 1. The number of methoxy groups -OCH3 is 1. The summed E-state index contributed by atoms with van der Waals surface area (Å²) < 4.78 is 47.6. The highest BCUT2D eigenvalue weighted by Gasteiger charge is 2.46. The Hall–Kier alpha value is -1.77. The van der Waals surface area contributed by atoms with Crippen LogP contribution in [0.2, 0.25) is 0 Å². The SMILES string of the molecule is CC[C@@H]1C[C@H](C(F)(F)F)n2nc(C3CCCN(C(=O)C4CCCC(OC)C4)C3)cc2N1. The van der Waals surface area contributed by atoms with Crippen LogP contribution in [0.4, 0.5) is 19.0 Å². The fourth-order valence-electron chi connectivity index (χ4n) is 5.40. The van der Waals surface area contributed by atoms with Gasteiger partial charge in [-0.25, -0.2) is 4.68 Å². The van der Waals surface area contributed by atoms with E-state index in [1.54, 1.807) is 13.2 Å². The van der Waals surface area contributed by atoms with E-state index < -0.39 is 12.2 Å². The van der Waals surface area contributed by atoms with Crippen molar-refractivity contribution in [2.24, 2.45) is 5.92 Å². The molecule has 0 spiro atoms. The molecule has 2 fully saturated rings. The molecule has 1 saturated carbocycles. The number of aromatic nitrogens is 2. The van der Waals surface area contributed by atoms with Crippen molar-refractivity contribution in [1.29, 1.82) is 0 Å². The summed E-state index contributed by atoms with van der Waals surface area (Å²) in [5.74, 6) is 0.546. The van der Waals surface area contributed by atoms with Crippen molar-refractivity contribution in [3.63, 3.8) is 0 Å². The predicted molar refractivity (Wildman–Crippen MR) is 111 cm³/mol. The van der Waals surface area contributed by atoms with Gasteiger partial charge in [0.15, 0.2) is 6.04 Å². The van der Waals surface area contributed by atoms with Crippen molar-refractivity contribution in [2.45, 2.75) is 88.6 Å². The second-order valence-electron chi connectivity index (χ2n) is 9.29. The van der Waals surface area contributed by atoms with E-state index in [1.165, 1.54) is 0 Å². The van der Waals surface area contributed by atoms with E-state index in [9.17, 15) is 18.0 Å². The number of hydrogen-bond donors (Lipinski definition) is 1. The minimum atomic E-state index is -4.33. The molecule has 5 atom stereocenters. The summed E-state index contributed by atoms with van der Waals surface area (Å²) in [6, 6.07) is -0.0500. The zero-order valence-corrected chi connectivity index (χ0v) is 18.3. The monoisotopic (exact) mass is 442 g/mol. The lowest BCUT2D eigenvalue weighted by molar-refractivity contribution is -0.173. The first-order valence-corrected chi connectivity index (χ1v) is 11.5. The Kier molecular flexibility index (Phi) is 6.51. The van der Waals surface area contributed by atoms with E-state index in [2.05, 4.69) is 10.4 Å². The van der Waals surface area contributed by atoms with Crippen LogP contribution in [-0.2, 0) is 9.53 Å². The molecule has 3 aliphatic rings. The van der Waals surface area contributed by atoms with Crippen LogP contribution < -0.4 is 5.32 Å². The Balaban J connectivity index is 1.49. The number of rotatable bonds is 4. The molecule has 0 bridgehead atoms. The molecule has 1 aromatic heterocycles. The van der Waals surface area contributed by atoms with Gasteiger partial charge in [0.1, 0.15) is 5.82 Å². The highest BCUT2D eigenvalue weighted by atomic mass is 19.4. The second kappa shape index (κ2) is 9.00. The Bertz CT molecular complexity index is 781. The zero-order chi connectivity index (χ0) is 22.2.